The van der Waals surface area contributed by atoms with Crippen LogP contribution in [0.5, 0.6) is 0 Å². The van der Waals surface area contributed by atoms with Crippen LogP contribution in [0, 0.1) is 5.92 Å². The van der Waals surface area contributed by atoms with E-state index < -0.39 is 11.6 Å². The fourth-order valence-corrected chi connectivity index (χ4v) is 6.47. The molecule has 6 rings (SSSR count). The zero-order chi connectivity index (χ0) is 35.8. The number of imide groups is 1. The second-order valence-electron chi connectivity index (χ2n) is 13.1. The van der Waals surface area contributed by atoms with Gasteiger partial charge in [-0.15, -0.1) is 15.0 Å². The van der Waals surface area contributed by atoms with E-state index in [1.54, 1.807) is 4.80 Å². The van der Waals surface area contributed by atoms with Gasteiger partial charge >= 0.3 is 0 Å². The minimum absolute atomic E-state index is 0.0809. The van der Waals surface area contributed by atoms with E-state index in [2.05, 4.69) is 41.5 Å². The molecule has 0 aliphatic heterocycles. The predicted molar refractivity (Wildman–Crippen MR) is 201 cm³/mol. The van der Waals surface area contributed by atoms with Crippen LogP contribution in [0.25, 0.3) is 22.5 Å². The highest BCUT2D eigenvalue weighted by Gasteiger charge is 2.41. The number of aromatic nitrogens is 4. The monoisotopic (exact) mass is 676 g/mol. The molecule has 258 valence electrons. The molecule has 2 amide bonds. The Morgan fingerprint density at radius 1 is 0.725 bits per heavy atom. The summed E-state index contributed by atoms with van der Waals surface area (Å²) >= 11 is 0. The van der Waals surface area contributed by atoms with Crippen LogP contribution in [0.1, 0.15) is 62.3 Å². The Labute approximate surface area is 300 Å². The second kappa shape index (κ2) is 15.9. The Morgan fingerprint density at radius 2 is 1.24 bits per heavy atom. The van der Waals surface area contributed by atoms with Gasteiger partial charge in [0.2, 0.25) is 17.6 Å². The molecule has 2 N–H and O–H groups in total. The maximum Gasteiger partial charge on any atom is 0.246 e. The van der Waals surface area contributed by atoms with Gasteiger partial charge in [-0.3, -0.25) is 14.5 Å². The van der Waals surface area contributed by atoms with Gasteiger partial charge < -0.3 is 5.73 Å². The van der Waals surface area contributed by atoms with Crippen molar-refractivity contribution >= 4 is 11.8 Å². The molecule has 0 saturated carbocycles. The van der Waals surface area contributed by atoms with Crippen LogP contribution >= 0.6 is 0 Å². The number of tetrazole rings is 1. The molecule has 0 fully saturated rings. The topological polar surface area (TPSA) is 107 Å². The lowest BCUT2D eigenvalue weighted by molar-refractivity contribution is -0.147. The van der Waals surface area contributed by atoms with Gasteiger partial charge in [0.1, 0.15) is 0 Å². The fraction of sp³-hybridized carbons (Fsp3) is 0.233. The van der Waals surface area contributed by atoms with Crippen molar-refractivity contribution in [2.24, 2.45) is 11.7 Å². The lowest BCUT2D eigenvalue weighted by Gasteiger charge is -2.34. The number of hydrogen-bond acceptors (Lipinski definition) is 6. The highest BCUT2D eigenvalue weighted by molar-refractivity contribution is 5.97. The first-order valence-electron chi connectivity index (χ1n) is 17.6. The molecule has 8 heteroatoms. The minimum Gasteiger partial charge on any atom is -0.320 e. The molecule has 0 unspecified atom stereocenters. The van der Waals surface area contributed by atoms with Crippen LogP contribution in [-0.2, 0) is 21.7 Å². The first-order valence-corrected chi connectivity index (χ1v) is 17.6. The van der Waals surface area contributed by atoms with E-state index in [1.165, 1.54) is 4.90 Å². The Bertz CT molecular complexity index is 1950. The largest absolute Gasteiger partial charge is 0.320 e. The molecular weight excluding hydrogens is 633 g/mol. The van der Waals surface area contributed by atoms with Crippen molar-refractivity contribution in [3.8, 4) is 22.5 Å². The normalized spacial score (nSPS) is 12.1. The molecule has 1 heterocycles. The number of hydrogen-bond donors (Lipinski definition) is 1. The Hall–Kier alpha value is -5.73. The van der Waals surface area contributed by atoms with Crippen LogP contribution in [0.15, 0.2) is 140 Å². The maximum absolute atomic E-state index is 13.3. The standard InChI is InChI=1S/C43H44N6O2/c1-4-5-25-39(50)48(42(51)40(44)31(2)3)30-32-26-28-33(29-27-32)37-23-15-16-24-38(37)41-45-47-49(46-41)43(34-17-9-6-10-18-34,35-19-11-7-12-20-35)36-21-13-8-14-22-36/h6-24,26-29,31,40H,4-5,25,30,44H2,1-3H3/t40-/m0/s1. The van der Waals surface area contributed by atoms with E-state index in [0.717, 1.165) is 51.8 Å². The Kier molecular flexibility index (Phi) is 10.9. The highest BCUT2D eigenvalue weighted by Crippen LogP contribution is 2.40. The van der Waals surface area contributed by atoms with Gasteiger partial charge in [-0.1, -0.05) is 167 Å². The maximum atomic E-state index is 13.3. The molecule has 0 aliphatic carbocycles. The number of benzene rings is 5. The van der Waals surface area contributed by atoms with E-state index >= 15 is 0 Å². The van der Waals surface area contributed by atoms with Crippen molar-refractivity contribution in [2.75, 3.05) is 0 Å². The predicted octanol–water partition coefficient (Wildman–Crippen LogP) is 7.88. The zero-order valence-corrected chi connectivity index (χ0v) is 29.4. The van der Waals surface area contributed by atoms with E-state index in [4.69, 9.17) is 16.0 Å². The van der Waals surface area contributed by atoms with Gasteiger partial charge in [0.05, 0.1) is 12.6 Å². The van der Waals surface area contributed by atoms with Crippen molar-refractivity contribution in [1.82, 2.24) is 25.1 Å². The first-order chi connectivity index (χ1) is 24.8. The number of carbonyl (C=O) groups excluding carboxylic acids is 2. The van der Waals surface area contributed by atoms with Gasteiger partial charge in [-0.25, -0.2) is 0 Å². The summed E-state index contributed by atoms with van der Waals surface area (Å²) in [7, 11) is 0. The fourth-order valence-electron chi connectivity index (χ4n) is 6.47. The summed E-state index contributed by atoms with van der Waals surface area (Å²) in [5, 5.41) is 14.5. The average molecular weight is 677 g/mol. The number of nitrogens with zero attached hydrogens (tertiary/aromatic N) is 5. The Morgan fingerprint density at radius 3 is 1.75 bits per heavy atom. The third kappa shape index (κ3) is 7.28. The Balaban J connectivity index is 1.37. The summed E-state index contributed by atoms with van der Waals surface area (Å²) < 4.78 is 0. The van der Waals surface area contributed by atoms with Gasteiger partial charge in [0, 0.05) is 12.0 Å². The first kappa shape index (κ1) is 35.1. The van der Waals surface area contributed by atoms with Crippen molar-refractivity contribution in [3.05, 3.63) is 162 Å². The number of rotatable bonds is 13. The molecule has 0 aliphatic rings. The minimum atomic E-state index is -0.887. The molecule has 8 nitrogen and oxygen atoms in total. The summed E-state index contributed by atoms with van der Waals surface area (Å²) in [6, 6.07) is 45.9. The molecule has 51 heavy (non-hydrogen) atoms. The summed E-state index contributed by atoms with van der Waals surface area (Å²) in [6.07, 6.45) is 1.90. The molecule has 0 bridgehead atoms. The lowest BCUT2D eigenvalue weighted by atomic mass is 9.77. The van der Waals surface area contributed by atoms with Crippen molar-refractivity contribution in [2.45, 2.75) is 58.2 Å². The zero-order valence-electron chi connectivity index (χ0n) is 29.4. The van der Waals surface area contributed by atoms with Gasteiger partial charge in [-0.05, 0) is 50.9 Å². The summed E-state index contributed by atoms with van der Waals surface area (Å²) in [4.78, 5) is 29.5. The van der Waals surface area contributed by atoms with E-state index in [1.807, 2.05) is 124 Å². The molecule has 5 aromatic carbocycles. The molecule has 6 aromatic rings. The molecule has 0 radical (unpaired) electrons. The van der Waals surface area contributed by atoms with E-state index in [-0.39, 0.29) is 24.3 Å². The number of unbranched alkanes of at least 4 members (excludes halogenated alkanes) is 1. The van der Waals surface area contributed by atoms with Crippen molar-refractivity contribution in [3.63, 3.8) is 0 Å². The molecular formula is C43H44N6O2. The second-order valence-corrected chi connectivity index (χ2v) is 13.1. The lowest BCUT2D eigenvalue weighted by Crippen LogP contribution is -2.48. The molecule has 1 atom stereocenters. The smallest absolute Gasteiger partial charge is 0.246 e. The molecule has 1 aromatic heterocycles. The summed E-state index contributed by atoms with van der Waals surface area (Å²) in [5.41, 5.74) is 11.9. The van der Waals surface area contributed by atoms with Gasteiger partial charge in [0.25, 0.3) is 0 Å². The third-order valence-corrected chi connectivity index (χ3v) is 9.38. The number of amides is 2. The molecule has 0 spiro atoms. The SMILES string of the molecule is CCCCC(=O)N(Cc1ccc(-c2ccccc2-c2nnn(C(c3ccccc3)(c3ccccc3)c3ccccc3)n2)cc1)C(=O)[C@@H](N)C(C)C. The quantitative estimate of drug-likeness (QED) is 0.125. The van der Waals surface area contributed by atoms with Crippen LogP contribution in [0.4, 0.5) is 0 Å². The van der Waals surface area contributed by atoms with Gasteiger partial charge in [0.15, 0.2) is 5.54 Å². The van der Waals surface area contributed by atoms with Crippen LogP contribution in [0.2, 0.25) is 0 Å². The van der Waals surface area contributed by atoms with Crippen LogP contribution in [-0.4, -0.2) is 43.0 Å². The van der Waals surface area contributed by atoms with E-state index in [9.17, 15) is 9.59 Å². The average Bonchev–Trinajstić information content (AvgIpc) is 3.67. The number of nitrogens with two attached hydrogens (primary N) is 1. The molecule has 0 saturated heterocycles. The highest BCUT2D eigenvalue weighted by atomic mass is 16.2. The van der Waals surface area contributed by atoms with Crippen LogP contribution < -0.4 is 5.73 Å². The number of carbonyl (C=O) groups is 2. The van der Waals surface area contributed by atoms with E-state index in [0.29, 0.717) is 12.2 Å². The van der Waals surface area contributed by atoms with Gasteiger partial charge in [-0.2, -0.15) is 0 Å². The summed E-state index contributed by atoms with van der Waals surface area (Å²) in [5.74, 6) is -0.128. The third-order valence-electron chi connectivity index (χ3n) is 9.38. The summed E-state index contributed by atoms with van der Waals surface area (Å²) in [6.45, 7) is 5.97. The van der Waals surface area contributed by atoms with Crippen LogP contribution in [0.3, 0.4) is 0 Å². The van der Waals surface area contributed by atoms with Crippen molar-refractivity contribution in [1.29, 1.82) is 0 Å². The van der Waals surface area contributed by atoms with Crippen molar-refractivity contribution < 1.29 is 9.59 Å².